The Hall–Kier alpha value is -0.540. The minimum atomic E-state index is -0.816. The van der Waals surface area contributed by atoms with Crippen LogP contribution in [0.15, 0.2) is 6.20 Å². The van der Waals surface area contributed by atoms with Crippen LogP contribution in [0, 0.1) is 11.8 Å². The molecule has 0 aromatic carbocycles. The first-order valence-corrected chi connectivity index (χ1v) is 7.19. The maximum absolute atomic E-state index is 11.0. The largest absolute Gasteiger partial charge is 0.384 e. The highest BCUT2D eigenvalue weighted by Gasteiger charge is 2.41. The fourth-order valence-electron chi connectivity index (χ4n) is 2.97. The van der Waals surface area contributed by atoms with Gasteiger partial charge in [-0.05, 0) is 44.9 Å². The van der Waals surface area contributed by atoms with Crippen LogP contribution in [0.4, 0.5) is 0 Å². The summed E-state index contributed by atoms with van der Waals surface area (Å²) in [4.78, 5) is 0. The standard InChI is InChI=1S/C14H23ClN2O/c1-9(2)17-13(12(15)8-16-17)14(18)6-5-10(3)11(4)7-14/h8-11,18H,5-7H2,1-4H3. The van der Waals surface area contributed by atoms with E-state index in [-0.39, 0.29) is 6.04 Å². The Bertz CT molecular complexity index is 429. The zero-order valence-electron chi connectivity index (χ0n) is 11.7. The van der Waals surface area contributed by atoms with Crippen LogP contribution in [0.1, 0.15) is 58.7 Å². The third-order valence-corrected chi connectivity index (χ3v) is 4.60. The summed E-state index contributed by atoms with van der Waals surface area (Å²) in [6, 6.07) is 0.214. The van der Waals surface area contributed by atoms with Crippen molar-refractivity contribution in [1.29, 1.82) is 0 Å². The molecule has 1 aromatic rings. The van der Waals surface area contributed by atoms with Gasteiger partial charge in [0, 0.05) is 6.04 Å². The Kier molecular flexibility index (Phi) is 3.75. The van der Waals surface area contributed by atoms with E-state index < -0.39 is 5.60 Å². The molecule has 102 valence electrons. The van der Waals surface area contributed by atoms with Crippen molar-refractivity contribution in [2.45, 2.75) is 58.6 Å². The van der Waals surface area contributed by atoms with Crippen molar-refractivity contribution in [3.8, 4) is 0 Å². The van der Waals surface area contributed by atoms with Gasteiger partial charge in [-0.2, -0.15) is 5.10 Å². The summed E-state index contributed by atoms with van der Waals surface area (Å²) in [6.07, 6.45) is 4.23. The van der Waals surface area contributed by atoms with Gasteiger partial charge in [-0.3, -0.25) is 4.68 Å². The van der Waals surface area contributed by atoms with E-state index in [1.807, 2.05) is 4.68 Å². The van der Waals surface area contributed by atoms with Gasteiger partial charge < -0.3 is 5.11 Å². The molecule has 0 amide bonds. The molecule has 3 unspecified atom stereocenters. The molecule has 18 heavy (non-hydrogen) atoms. The Morgan fingerprint density at radius 1 is 1.44 bits per heavy atom. The lowest BCUT2D eigenvalue weighted by Crippen LogP contribution is -2.37. The van der Waals surface area contributed by atoms with Crippen molar-refractivity contribution in [2.75, 3.05) is 0 Å². The lowest BCUT2D eigenvalue weighted by Gasteiger charge is -2.39. The lowest BCUT2D eigenvalue weighted by molar-refractivity contribution is -0.0410. The van der Waals surface area contributed by atoms with Crippen LogP contribution in [-0.2, 0) is 5.60 Å². The Morgan fingerprint density at radius 3 is 2.67 bits per heavy atom. The van der Waals surface area contributed by atoms with E-state index in [0.717, 1.165) is 25.0 Å². The number of hydrogen-bond donors (Lipinski definition) is 1. The zero-order valence-corrected chi connectivity index (χ0v) is 12.4. The second kappa shape index (κ2) is 4.86. The van der Waals surface area contributed by atoms with Gasteiger partial charge in [0.1, 0.15) is 5.60 Å². The fraction of sp³-hybridized carbons (Fsp3) is 0.786. The lowest BCUT2D eigenvalue weighted by atomic mass is 9.72. The topological polar surface area (TPSA) is 38.1 Å². The summed E-state index contributed by atoms with van der Waals surface area (Å²) >= 11 is 6.25. The highest BCUT2D eigenvalue weighted by molar-refractivity contribution is 6.31. The molecule has 4 heteroatoms. The molecule has 0 saturated heterocycles. The molecule has 0 spiro atoms. The summed E-state index contributed by atoms with van der Waals surface area (Å²) in [6.45, 7) is 8.58. The first-order chi connectivity index (χ1) is 8.35. The Balaban J connectivity index is 2.38. The van der Waals surface area contributed by atoms with Crippen LogP contribution >= 0.6 is 11.6 Å². The van der Waals surface area contributed by atoms with Crippen molar-refractivity contribution in [3.05, 3.63) is 16.9 Å². The highest BCUT2D eigenvalue weighted by Crippen LogP contribution is 2.44. The van der Waals surface area contributed by atoms with E-state index in [9.17, 15) is 5.11 Å². The van der Waals surface area contributed by atoms with Crippen LogP contribution in [0.25, 0.3) is 0 Å². The monoisotopic (exact) mass is 270 g/mol. The van der Waals surface area contributed by atoms with E-state index in [1.165, 1.54) is 0 Å². The molecule has 0 radical (unpaired) electrons. The van der Waals surface area contributed by atoms with E-state index in [1.54, 1.807) is 6.20 Å². The van der Waals surface area contributed by atoms with Gasteiger partial charge >= 0.3 is 0 Å². The number of halogens is 1. The maximum Gasteiger partial charge on any atom is 0.108 e. The van der Waals surface area contributed by atoms with E-state index in [4.69, 9.17) is 11.6 Å². The number of aromatic nitrogens is 2. The molecular weight excluding hydrogens is 248 g/mol. The third kappa shape index (κ3) is 2.30. The molecule has 3 atom stereocenters. The molecule has 0 aliphatic heterocycles. The molecule has 3 nitrogen and oxygen atoms in total. The molecule has 1 aliphatic carbocycles. The van der Waals surface area contributed by atoms with E-state index in [2.05, 4.69) is 32.8 Å². The average Bonchev–Trinajstić information content (AvgIpc) is 2.67. The van der Waals surface area contributed by atoms with Crippen molar-refractivity contribution < 1.29 is 5.11 Å². The maximum atomic E-state index is 11.0. The summed E-state index contributed by atoms with van der Waals surface area (Å²) < 4.78 is 1.87. The average molecular weight is 271 g/mol. The number of rotatable bonds is 2. The normalized spacial score (nSPS) is 33.1. The first-order valence-electron chi connectivity index (χ1n) is 6.81. The molecule has 1 aliphatic rings. The molecule has 1 aromatic heterocycles. The predicted octanol–water partition coefficient (Wildman–Crippen LogP) is 3.76. The summed E-state index contributed by atoms with van der Waals surface area (Å²) in [5, 5.41) is 15.9. The van der Waals surface area contributed by atoms with Crippen LogP contribution in [0.3, 0.4) is 0 Å². The van der Waals surface area contributed by atoms with Crippen molar-refractivity contribution in [1.82, 2.24) is 9.78 Å². The quantitative estimate of drug-likeness (QED) is 0.889. The molecule has 1 fully saturated rings. The fourth-order valence-corrected chi connectivity index (χ4v) is 3.28. The number of nitrogens with zero attached hydrogens (tertiary/aromatic N) is 2. The highest BCUT2D eigenvalue weighted by atomic mass is 35.5. The zero-order chi connectivity index (χ0) is 13.5. The van der Waals surface area contributed by atoms with Gasteiger partial charge in [-0.25, -0.2) is 0 Å². The van der Waals surface area contributed by atoms with Crippen LogP contribution in [0.5, 0.6) is 0 Å². The SMILES string of the molecule is CC1CCC(O)(c2c(Cl)cnn2C(C)C)CC1C. The van der Waals surface area contributed by atoms with Crippen molar-refractivity contribution >= 4 is 11.6 Å². The van der Waals surface area contributed by atoms with Gasteiger partial charge in [0.15, 0.2) is 0 Å². The summed E-state index contributed by atoms with van der Waals surface area (Å²) in [5.41, 5.74) is -0.0121. The second-order valence-electron chi connectivity index (χ2n) is 6.11. The minimum absolute atomic E-state index is 0.214. The molecule has 1 saturated carbocycles. The molecule has 1 heterocycles. The number of hydrogen-bond acceptors (Lipinski definition) is 2. The Morgan fingerprint density at radius 2 is 2.11 bits per heavy atom. The molecular formula is C14H23ClN2O. The van der Waals surface area contributed by atoms with Crippen LogP contribution in [0.2, 0.25) is 5.02 Å². The Labute approximate surface area is 114 Å². The first kappa shape index (κ1) is 13.9. The number of aliphatic hydroxyl groups is 1. The van der Waals surface area contributed by atoms with Crippen molar-refractivity contribution in [3.63, 3.8) is 0 Å². The van der Waals surface area contributed by atoms with Crippen molar-refractivity contribution in [2.24, 2.45) is 11.8 Å². The van der Waals surface area contributed by atoms with Gasteiger partial charge in [0.05, 0.1) is 16.9 Å². The summed E-state index contributed by atoms with van der Waals surface area (Å²) in [7, 11) is 0. The minimum Gasteiger partial charge on any atom is -0.384 e. The van der Waals surface area contributed by atoms with E-state index >= 15 is 0 Å². The summed E-state index contributed by atoms with van der Waals surface area (Å²) in [5.74, 6) is 1.18. The van der Waals surface area contributed by atoms with Gasteiger partial charge in [-0.15, -0.1) is 0 Å². The van der Waals surface area contributed by atoms with Gasteiger partial charge in [0.2, 0.25) is 0 Å². The molecule has 2 rings (SSSR count). The predicted molar refractivity (Wildman–Crippen MR) is 73.7 cm³/mol. The smallest absolute Gasteiger partial charge is 0.108 e. The van der Waals surface area contributed by atoms with Gasteiger partial charge in [0.25, 0.3) is 0 Å². The van der Waals surface area contributed by atoms with Crippen LogP contribution < -0.4 is 0 Å². The van der Waals surface area contributed by atoms with E-state index in [0.29, 0.717) is 16.9 Å². The third-order valence-electron chi connectivity index (χ3n) is 4.33. The van der Waals surface area contributed by atoms with Gasteiger partial charge in [-0.1, -0.05) is 25.4 Å². The van der Waals surface area contributed by atoms with Crippen LogP contribution in [-0.4, -0.2) is 14.9 Å². The second-order valence-corrected chi connectivity index (χ2v) is 6.52. The molecule has 1 N–H and O–H groups in total. The molecule has 0 bridgehead atoms.